The number of ether oxygens (including phenoxy) is 2. The van der Waals surface area contributed by atoms with Crippen LogP contribution >= 0.6 is 0 Å². The first kappa shape index (κ1) is 19.4. The van der Waals surface area contributed by atoms with Crippen LogP contribution in [0.1, 0.15) is 34.8 Å². The molecule has 0 spiro atoms. The van der Waals surface area contributed by atoms with Crippen molar-refractivity contribution in [3.63, 3.8) is 0 Å². The van der Waals surface area contributed by atoms with Crippen LogP contribution in [-0.2, 0) is 4.74 Å². The molecule has 1 N–H and O–H groups in total. The first-order chi connectivity index (χ1) is 13.1. The quantitative estimate of drug-likeness (QED) is 0.777. The Morgan fingerprint density at radius 3 is 2.74 bits per heavy atom. The lowest BCUT2D eigenvalue weighted by Crippen LogP contribution is -2.34. The van der Waals surface area contributed by atoms with Gasteiger partial charge in [-0.2, -0.15) is 0 Å². The molecule has 0 aromatic heterocycles. The van der Waals surface area contributed by atoms with Crippen molar-refractivity contribution in [1.29, 1.82) is 0 Å². The second kappa shape index (κ2) is 9.53. The van der Waals surface area contributed by atoms with Gasteiger partial charge in [-0.15, -0.1) is 0 Å². The largest absolute Gasteiger partial charge is 0.491 e. The van der Waals surface area contributed by atoms with E-state index in [0.717, 1.165) is 19.4 Å². The Morgan fingerprint density at radius 1 is 1.22 bits per heavy atom. The number of carbonyl (C=O) groups is 1. The normalized spacial score (nSPS) is 17.7. The highest BCUT2D eigenvalue weighted by atomic mass is 16.5. The molecule has 0 radical (unpaired) electrons. The van der Waals surface area contributed by atoms with Crippen molar-refractivity contribution >= 4 is 5.91 Å². The van der Waals surface area contributed by atoms with Gasteiger partial charge in [0, 0.05) is 18.7 Å². The summed E-state index contributed by atoms with van der Waals surface area (Å²) in [6, 6.07) is 17.6. The Kier molecular flexibility index (Phi) is 6.85. The first-order valence-electron chi connectivity index (χ1n) is 9.47. The summed E-state index contributed by atoms with van der Waals surface area (Å²) in [6.07, 6.45) is 2.28. The van der Waals surface area contributed by atoms with Crippen LogP contribution in [0.3, 0.4) is 0 Å². The van der Waals surface area contributed by atoms with Crippen molar-refractivity contribution in [3.05, 3.63) is 65.7 Å². The molecule has 0 aliphatic carbocycles. The monoisotopic (exact) mass is 368 g/mol. The van der Waals surface area contributed by atoms with E-state index < -0.39 is 0 Å². The van der Waals surface area contributed by atoms with Crippen molar-refractivity contribution < 1.29 is 14.3 Å². The second-order valence-corrected chi connectivity index (χ2v) is 7.07. The molecule has 1 amide bonds. The van der Waals surface area contributed by atoms with Crippen molar-refractivity contribution in [2.24, 2.45) is 0 Å². The van der Waals surface area contributed by atoms with E-state index in [1.54, 1.807) is 12.1 Å². The van der Waals surface area contributed by atoms with E-state index in [9.17, 15) is 4.79 Å². The maximum absolute atomic E-state index is 12.6. The molecule has 2 atom stereocenters. The van der Waals surface area contributed by atoms with Crippen LogP contribution in [-0.4, -0.2) is 50.8 Å². The van der Waals surface area contributed by atoms with Gasteiger partial charge in [0.15, 0.2) is 0 Å². The molecule has 2 aromatic rings. The third-order valence-corrected chi connectivity index (χ3v) is 4.82. The van der Waals surface area contributed by atoms with Gasteiger partial charge in [0.25, 0.3) is 5.91 Å². The van der Waals surface area contributed by atoms with Gasteiger partial charge in [-0.05, 0) is 50.7 Å². The van der Waals surface area contributed by atoms with Crippen molar-refractivity contribution in [2.45, 2.75) is 25.0 Å². The predicted molar refractivity (Wildman–Crippen MR) is 106 cm³/mol. The van der Waals surface area contributed by atoms with Crippen molar-refractivity contribution in [1.82, 2.24) is 10.2 Å². The summed E-state index contributed by atoms with van der Waals surface area (Å²) < 4.78 is 11.4. The highest BCUT2D eigenvalue weighted by Gasteiger charge is 2.17. The summed E-state index contributed by atoms with van der Waals surface area (Å²) in [6.45, 7) is 1.88. The highest BCUT2D eigenvalue weighted by molar-refractivity contribution is 5.94. The number of amides is 1. The molecule has 3 rings (SSSR count). The van der Waals surface area contributed by atoms with Gasteiger partial charge in [0.05, 0.1) is 12.1 Å². The molecule has 27 heavy (non-hydrogen) atoms. The fourth-order valence-corrected chi connectivity index (χ4v) is 3.26. The number of nitrogens with one attached hydrogen (secondary N) is 1. The molecule has 144 valence electrons. The van der Waals surface area contributed by atoms with Crippen LogP contribution in [0.2, 0.25) is 0 Å². The van der Waals surface area contributed by atoms with E-state index in [0.29, 0.717) is 24.5 Å². The van der Waals surface area contributed by atoms with Gasteiger partial charge in [0.2, 0.25) is 0 Å². The topological polar surface area (TPSA) is 50.8 Å². The van der Waals surface area contributed by atoms with Crippen LogP contribution in [0.25, 0.3) is 0 Å². The molecule has 5 heteroatoms. The van der Waals surface area contributed by atoms with E-state index >= 15 is 0 Å². The van der Waals surface area contributed by atoms with Crippen molar-refractivity contribution in [2.75, 3.05) is 33.9 Å². The molecule has 2 aromatic carbocycles. The van der Waals surface area contributed by atoms with Crippen LogP contribution in [0.15, 0.2) is 54.6 Å². The number of benzene rings is 2. The average molecular weight is 368 g/mol. The van der Waals surface area contributed by atoms with Gasteiger partial charge >= 0.3 is 0 Å². The third kappa shape index (κ3) is 5.55. The van der Waals surface area contributed by atoms with Gasteiger partial charge in [-0.3, -0.25) is 4.79 Å². The molecule has 0 bridgehead atoms. The lowest BCUT2D eigenvalue weighted by Gasteiger charge is -2.25. The average Bonchev–Trinajstić information content (AvgIpc) is 3.21. The summed E-state index contributed by atoms with van der Waals surface area (Å²) in [5.41, 5.74) is 1.78. The summed E-state index contributed by atoms with van der Waals surface area (Å²) in [5.74, 6) is 0.603. The van der Waals surface area contributed by atoms with Gasteiger partial charge in [-0.25, -0.2) is 0 Å². The van der Waals surface area contributed by atoms with E-state index in [-0.39, 0.29) is 18.1 Å². The zero-order valence-corrected chi connectivity index (χ0v) is 16.1. The number of nitrogens with zero attached hydrogens (tertiary/aromatic N) is 1. The number of rotatable bonds is 8. The SMILES string of the molecule is CN(C)C(CNC(=O)c1cccc(OCC2CCCO2)c1)c1ccccc1. The molecule has 1 saturated heterocycles. The predicted octanol–water partition coefficient (Wildman–Crippen LogP) is 3.28. The molecular weight excluding hydrogens is 340 g/mol. The zero-order valence-electron chi connectivity index (χ0n) is 16.1. The highest BCUT2D eigenvalue weighted by Crippen LogP contribution is 2.19. The Hall–Kier alpha value is -2.37. The standard InChI is InChI=1S/C22H28N2O3/c1-24(2)21(17-8-4-3-5-9-17)15-23-22(25)18-10-6-11-19(14-18)27-16-20-12-7-13-26-20/h3-6,8-11,14,20-21H,7,12-13,15-16H2,1-2H3,(H,23,25). The Balaban J connectivity index is 1.57. The smallest absolute Gasteiger partial charge is 0.251 e. The van der Waals surface area contributed by atoms with E-state index in [1.807, 2.05) is 44.4 Å². The molecule has 0 saturated carbocycles. The molecule has 1 heterocycles. The maximum Gasteiger partial charge on any atom is 0.251 e. The first-order valence-corrected chi connectivity index (χ1v) is 9.47. The van der Waals surface area contributed by atoms with Crippen LogP contribution in [0.5, 0.6) is 5.75 Å². The summed E-state index contributed by atoms with van der Waals surface area (Å²) in [5, 5.41) is 3.04. The lowest BCUT2D eigenvalue weighted by molar-refractivity contribution is 0.0679. The van der Waals surface area contributed by atoms with Crippen LogP contribution in [0, 0.1) is 0 Å². The minimum Gasteiger partial charge on any atom is -0.491 e. The summed E-state index contributed by atoms with van der Waals surface area (Å²) in [4.78, 5) is 14.7. The van der Waals surface area contributed by atoms with Gasteiger partial charge < -0.3 is 19.7 Å². The molecule has 1 aliphatic heterocycles. The molecule has 1 aliphatic rings. The Labute approximate surface area is 161 Å². The van der Waals surface area contributed by atoms with Gasteiger partial charge in [-0.1, -0.05) is 36.4 Å². The van der Waals surface area contributed by atoms with E-state index in [1.165, 1.54) is 5.56 Å². The maximum atomic E-state index is 12.6. The molecular formula is C22H28N2O3. The van der Waals surface area contributed by atoms with E-state index in [2.05, 4.69) is 22.3 Å². The fourth-order valence-electron chi connectivity index (χ4n) is 3.26. The minimum absolute atomic E-state index is 0.0969. The molecule has 2 unspecified atom stereocenters. The Morgan fingerprint density at radius 2 is 2.04 bits per heavy atom. The number of hydrogen-bond acceptors (Lipinski definition) is 4. The van der Waals surface area contributed by atoms with E-state index in [4.69, 9.17) is 9.47 Å². The minimum atomic E-state index is -0.0969. The van der Waals surface area contributed by atoms with Crippen molar-refractivity contribution in [3.8, 4) is 5.75 Å². The summed E-state index contributed by atoms with van der Waals surface area (Å²) >= 11 is 0. The number of likely N-dealkylation sites (N-methyl/N-ethyl adjacent to an activating group) is 1. The van der Waals surface area contributed by atoms with Crippen LogP contribution < -0.4 is 10.1 Å². The van der Waals surface area contributed by atoms with Gasteiger partial charge in [0.1, 0.15) is 12.4 Å². The third-order valence-electron chi connectivity index (χ3n) is 4.82. The second-order valence-electron chi connectivity index (χ2n) is 7.07. The van der Waals surface area contributed by atoms with Crippen LogP contribution in [0.4, 0.5) is 0 Å². The molecule has 5 nitrogen and oxygen atoms in total. The number of carbonyl (C=O) groups excluding carboxylic acids is 1. The fraction of sp³-hybridized carbons (Fsp3) is 0.409. The molecule has 1 fully saturated rings. The lowest BCUT2D eigenvalue weighted by atomic mass is 10.1. The Bertz CT molecular complexity index is 727. The summed E-state index contributed by atoms with van der Waals surface area (Å²) in [7, 11) is 4.03. The number of hydrogen-bond donors (Lipinski definition) is 1. The zero-order chi connectivity index (χ0) is 19.1.